The maximum Gasteiger partial charge on any atom is 0.246 e. The molecule has 0 fully saturated rings. The lowest BCUT2D eigenvalue weighted by molar-refractivity contribution is -0.116. The van der Waals surface area contributed by atoms with Gasteiger partial charge in [-0.1, -0.05) is 15.9 Å². The Labute approximate surface area is 129 Å². The van der Waals surface area contributed by atoms with Crippen molar-refractivity contribution < 1.29 is 13.6 Å². The number of hydrogen-bond acceptors (Lipinski definition) is 2. The van der Waals surface area contributed by atoms with Crippen LogP contribution in [-0.4, -0.2) is 11.9 Å². The summed E-state index contributed by atoms with van der Waals surface area (Å²) in [5.41, 5.74) is 0.995. The van der Waals surface area contributed by atoms with Crippen molar-refractivity contribution in [1.29, 1.82) is 0 Å². The van der Waals surface area contributed by atoms with E-state index >= 15 is 0 Å². The smallest absolute Gasteiger partial charge is 0.246 e. The van der Waals surface area contributed by atoms with E-state index in [1.165, 1.54) is 6.07 Å². The first-order valence-corrected chi connectivity index (χ1v) is 7.03. The van der Waals surface area contributed by atoms with E-state index in [-0.39, 0.29) is 11.6 Å². The average Bonchev–Trinajstić information content (AvgIpc) is 2.45. The summed E-state index contributed by atoms with van der Waals surface area (Å²) in [7, 11) is 0. The van der Waals surface area contributed by atoms with Crippen molar-refractivity contribution in [2.45, 2.75) is 13.0 Å². The number of nitrogens with one attached hydrogen (secondary N) is 2. The summed E-state index contributed by atoms with van der Waals surface area (Å²) in [4.78, 5) is 12.0. The second-order valence-corrected chi connectivity index (χ2v) is 5.41. The quantitative estimate of drug-likeness (QED) is 0.865. The highest BCUT2D eigenvalue weighted by molar-refractivity contribution is 9.10. The van der Waals surface area contributed by atoms with Gasteiger partial charge in [0.1, 0.15) is 6.04 Å². The van der Waals surface area contributed by atoms with E-state index in [0.717, 1.165) is 22.3 Å². The van der Waals surface area contributed by atoms with E-state index in [4.69, 9.17) is 0 Å². The monoisotopic (exact) mass is 354 g/mol. The van der Waals surface area contributed by atoms with Crippen molar-refractivity contribution in [2.75, 3.05) is 10.6 Å². The Balaban J connectivity index is 1.98. The number of hydrogen-bond donors (Lipinski definition) is 2. The van der Waals surface area contributed by atoms with Crippen LogP contribution in [0.1, 0.15) is 6.92 Å². The molecule has 0 spiro atoms. The Kier molecular flexibility index (Phi) is 4.90. The predicted molar refractivity (Wildman–Crippen MR) is 82.2 cm³/mol. The van der Waals surface area contributed by atoms with Gasteiger partial charge < -0.3 is 10.6 Å². The molecular weight excluding hydrogens is 342 g/mol. The van der Waals surface area contributed by atoms with Crippen molar-refractivity contribution in [3.63, 3.8) is 0 Å². The molecule has 0 aromatic heterocycles. The largest absolute Gasteiger partial charge is 0.374 e. The van der Waals surface area contributed by atoms with Gasteiger partial charge in [0.2, 0.25) is 5.91 Å². The zero-order chi connectivity index (χ0) is 15.4. The van der Waals surface area contributed by atoms with Crippen molar-refractivity contribution in [3.05, 3.63) is 58.6 Å². The van der Waals surface area contributed by atoms with Crippen LogP contribution >= 0.6 is 15.9 Å². The number of carbonyl (C=O) groups excluding carboxylic acids is 1. The first-order chi connectivity index (χ1) is 9.95. The highest BCUT2D eigenvalue weighted by Gasteiger charge is 2.13. The third-order valence-electron chi connectivity index (χ3n) is 2.81. The van der Waals surface area contributed by atoms with Crippen LogP contribution in [0.2, 0.25) is 0 Å². The third kappa shape index (κ3) is 4.26. The van der Waals surface area contributed by atoms with Crippen molar-refractivity contribution in [2.24, 2.45) is 0 Å². The molecule has 2 aromatic carbocycles. The number of benzene rings is 2. The van der Waals surface area contributed by atoms with Gasteiger partial charge >= 0.3 is 0 Å². The molecule has 21 heavy (non-hydrogen) atoms. The summed E-state index contributed by atoms with van der Waals surface area (Å²) in [5, 5.41) is 5.54. The predicted octanol–water partition coefficient (Wildman–Crippen LogP) is 4.17. The molecule has 2 N–H and O–H groups in total. The number of anilines is 2. The zero-order valence-corrected chi connectivity index (χ0v) is 12.7. The number of carbonyl (C=O) groups is 1. The minimum Gasteiger partial charge on any atom is -0.374 e. The highest BCUT2D eigenvalue weighted by Crippen LogP contribution is 2.16. The van der Waals surface area contributed by atoms with Gasteiger partial charge in [-0.15, -0.1) is 0 Å². The number of rotatable bonds is 4. The van der Waals surface area contributed by atoms with Crippen LogP contribution in [0.5, 0.6) is 0 Å². The first-order valence-electron chi connectivity index (χ1n) is 6.24. The molecule has 0 aliphatic carbocycles. The topological polar surface area (TPSA) is 41.1 Å². The molecular formula is C15H13BrF2N2O. The lowest BCUT2D eigenvalue weighted by Gasteiger charge is -2.15. The Bertz CT molecular complexity index is 647. The zero-order valence-electron chi connectivity index (χ0n) is 11.2. The summed E-state index contributed by atoms with van der Waals surface area (Å²) >= 11 is 3.32. The van der Waals surface area contributed by atoms with Gasteiger partial charge in [0.05, 0.1) is 0 Å². The summed E-state index contributed by atoms with van der Waals surface area (Å²) in [6, 6.07) is 10.0. The van der Waals surface area contributed by atoms with Crippen LogP contribution in [0.4, 0.5) is 20.2 Å². The van der Waals surface area contributed by atoms with Gasteiger partial charge in [-0.05, 0) is 43.3 Å². The molecule has 0 bridgehead atoms. The van der Waals surface area contributed by atoms with Gasteiger partial charge in [0.15, 0.2) is 11.6 Å². The van der Waals surface area contributed by atoms with Crippen LogP contribution < -0.4 is 10.6 Å². The highest BCUT2D eigenvalue weighted by atomic mass is 79.9. The molecule has 2 aromatic rings. The Morgan fingerprint density at radius 3 is 2.29 bits per heavy atom. The third-order valence-corrected chi connectivity index (χ3v) is 3.34. The van der Waals surface area contributed by atoms with E-state index in [0.29, 0.717) is 0 Å². The first kappa shape index (κ1) is 15.4. The molecule has 0 aliphatic heterocycles. The molecule has 0 radical (unpaired) electrons. The molecule has 0 unspecified atom stereocenters. The fraction of sp³-hybridized carbons (Fsp3) is 0.133. The van der Waals surface area contributed by atoms with E-state index in [2.05, 4.69) is 26.6 Å². The Morgan fingerprint density at radius 1 is 1.05 bits per heavy atom. The van der Waals surface area contributed by atoms with Gasteiger partial charge in [-0.25, -0.2) is 8.78 Å². The Morgan fingerprint density at radius 2 is 1.67 bits per heavy atom. The minimum absolute atomic E-state index is 0.211. The number of amides is 1. The van der Waals surface area contributed by atoms with Crippen LogP contribution in [0, 0.1) is 11.6 Å². The second kappa shape index (κ2) is 6.67. The summed E-state index contributed by atoms with van der Waals surface area (Å²) in [6.45, 7) is 1.68. The molecule has 110 valence electrons. The maximum atomic E-state index is 13.1. The molecule has 3 nitrogen and oxygen atoms in total. The second-order valence-electron chi connectivity index (χ2n) is 4.49. The van der Waals surface area contributed by atoms with E-state index in [9.17, 15) is 13.6 Å². The van der Waals surface area contributed by atoms with Gasteiger partial charge in [0, 0.05) is 21.9 Å². The molecule has 1 amide bonds. The van der Waals surface area contributed by atoms with Crippen molar-refractivity contribution in [1.82, 2.24) is 0 Å². The fourth-order valence-corrected chi connectivity index (χ4v) is 1.95. The normalized spacial score (nSPS) is 11.8. The van der Waals surface area contributed by atoms with E-state index < -0.39 is 17.7 Å². The summed E-state index contributed by atoms with van der Waals surface area (Å²) < 4.78 is 26.8. The van der Waals surface area contributed by atoms with Crippen LogP contribution in [0.3, 0.4) is 0 Å². The minimum atomic E-state index is -0.999. The molecule has 0 saturated heterocycles. The molecule has 1 atom stereocenters. The fourth-order valence-electron chi connectivity index (χ4n) is 1.69. The molecule has 0 aliphatic rings. The van der Waals surface area contributed by atoms with Gasteiger partial charge in [0.25, 0.3) is 0 Å². The molecule has 2 rings (SSSR count). The standard InChI is InChI=1S/C15H13BrF2N2O/c1-9(19-11-4-2-10(16)3-5-11)15(21)20-12-6-7-13(17)14(18)8-12/h2-9,19H,1H3,(H,20,21)/t9-/m1/s1. The van der Waals surface area contributed by atoms with E-state index in [1.54, 1.807) is 6.92 Å². The summed E-state index contributed by atoms with van der Waals surface area (Å²) in [5.74, 6) is -2.29. The lowest BCUT2D eigenvalue weighted by atomic mass is 10.2. The molecule has 0 heterocycles. The molecule has 0 saturated carbocycles. The van der Waals surface area contributed by atoms with Gasteiger partial charge in [-0.2, -0.15) is 0 Å². The summed E-state index contributed by atoms with van der Waals surface area (Å²) in [6.07, 6.45) is 0. The maximum absolute atomic E-state index is 13.1. The number of halogens is 3. The van der Waals surface area contributed by atoms with Crippen molar-refractivity contribution in [3.8, 4) is 0 Å². The SMILES string of the molecule is C[C@@H](Nc1ccc(Br)cc1)C(=O)Nc1ccc(F)c(F)c1. The lowest BCUT2D eigenvalue weighted by Crippen LogP contribution is -2.31. The van der Waals surface area contributed by atoms with Gasteiger partial charge in [-0.3, -0.25) is 4.79 Å². The average molecular weight is 355 g/mol. The van der Waals surface area contributed by atoms with Crippen molar-refractivity contribution >= 4 is 33.2 Å². The van der Waals surface area contributed by atoms with Crippen LogP contribution in [-0.2, 0) is 4.79 Å². The van der Waals surface area contributed by atoms with Crippen LogP contribution in [0.25, 0.3) is 0 Å². The van der Waals surface area contributed by atoms with Crippen LogP contribution in [0.15, 0.2) is 46.9 Å². The molecule has 6 heteroatoms. The van der Waals surface area contributed by atoms with E-state index in [1.807, 2.05) is 24.3 Å². The Hall–Kier alpha value is -1.95.